The van der Waals surface area contributed by atoms with Crippen molar-refractivity contribution in [1.82, 2.24) is 4.90 Å². The van der Waals surface area contributed by atoms with Gasteiger partial charge in [-0.3, -0.25) is 4.90 Å². The summed E-state index contributed by atoms with van der Waals surface area (Å²) in [6.45, 7) is 5.37. The summed E-state index contributed by atoms with van der Waals surface area (Å²) in [7, 11) is 0. The molecule has 3 heteroatoms. The Kier molecular flexibility index (Phi) is 3.79. The van der Waals surface area contributed by atoms with E-state index < -0.39 is 0 Å². The molecular formula is C11H22N2O. The van der Waals surface area contributed by atoms with Crippen LogP contribution in [-0.2, 0) is 4.74 Å². The molecule has 3 nitrogen and oxygen atoms in total. The zero-order valence-electron chi connectivity index (χ0n) is 8.95. The largest absolute Gasteiger partial charge is 0.379 e. The van der Waals surface area contributed by atoms with Gasteiger partial charge in [-0.2, -0.15) is 0 Å². The van der Waals surface area contributed by atoms with Crippen LogP contribution in [0.25, 0.3) is 0 Å². The molecule has 1 saturated carbocycles. The monoisotopic (exact) mass is 198 g/mol. The first kappa shape index (κ1) is 10.4. The van der Waals surface area contributed by atoms with Crippen molar-refractivity contribution in [2.24, 2.45) is 11.7 Å². The molecule has 0 unspecified atom stereocenters. The maximum atomic E-state index is 5.90. The molecule has 0 spiro atoms. The maximum Gasteiger partial charge on any atom is 0.0594 e. The quantitative estimate of drug-likeness (QED) is 0.714. The maximum absolute atomic E-state index is 5.90. The highest BCUT2D eigenvalue weighted by atomic mass is 16.5. The van der Waals surface area contributed by atoms with Crippen LogP contribution in [-0.4, -0.2) is 43.8 Å². The first-order chi connectivity index (χ1) is 6.84. The van der Waals surface area contributed by atoms with Crippen LogP contribution >= 0.6 is 0 Å². The van der Waals surface area contributed by atoms with Gasteiger partial charge >= 0.3 is 0 Å². The van der Waals surface area contributed by atoms with E-state index in [4.69, 9.17) is 10.5 Å². The fourth-order valence-corrected chi connectivity index (χ4v) is 2.52. The molecule has 2 fully saturated rings. The van der Waals surface area contributed by atoms with E-state index in [1.54, 1.807) is 0 Å². The van der Waals surface area contributed by atoms with Gasteiger partial charge in [-0.1, -0.05) is 0 Å². The van der Waals surface area contributed by atoms with Crippen molar-refractivity contribution in [1.29, 1.82) is 0 Å². The lowest BCUT2D eigenvalue weighted by atomic mass is 9.86. The number of rotatable bonds is 2. The molecular weight excluding hydrogens is 176 g/mol. The van der Waals surface area contributed by atoms with Crippen LogP contribution in [0.3, 0.4) is 0 Å². The smallest absolute Gasteiger partial charge is 0.0594 e. The highest BCUT2D eigenvalue weighted by Crippen LogP contribution is 2.24. The number of morpholine rings is 1. The number of hydrogen-bond donors (Lipinski definition) is 1. The second-order valence-corrected chi connectivity index (χ2v) is 4.69. The standard InChI is InChI=1S/C11H22N2O/c12-11-3-1-10(2-4-11)9-13-5-7-14-8-6-13/h10-11H,1-9,12H2. The summed E-state index contributed by atoms with van der Waals surface area (Å²) >= 11 is 0. The molecule has 2 N–H and O–H groups in total. The van der Waals surface area contributed by atoms with Crippen LogP contribution in [0.15, 0.2) is 0 Å². The Morgan fingerprint density at radius 1 is 1.07 bits per heavy atom. The molecule has 0 aromatic rings. The molecule has 2 aliphatic rings. The van der Waals surface area contributed by atoms with E-state index in [2.05, 4.69) is 4.90 Å². The Hall–Kier alpha value is -0.120. The van der Waals surface area contributed by atoms with Gasteiger partial charge < -0.3 is 10.5 Å². The molecule has 14 heavy (non-hydrogen) atoms. The molecule has 2 rings (SSSR count). The summed E-state index contributed by atoms with van der Waals surface area (Å²) in [5.74, 6) is 0.896. The van der Waals surface area contributed by atoms with Crippen molar-refractivity contribution in [3.05, 3.63) is 0 Å². The second-order valence-electron chi connectivity index (χ2n) is 4.69. The van der Waals surface area contributed by atoms with Crippen LogP contribution < -0.4 is 5.73 Å². The van der Waals surface area contributed by atoms with E-state index in [1.807, 2.05) is 0 Å². The molecule has 1 heterocycles. The van der Waals surface area contributed by atoms with Gasteiger partial charge in [-0.05, 0) is 31.6 Å². The van der Waals surface area contributed by atoms with Gasteiger partial charge in [0.15, 0.2) is 0 Å². The second kappa shape index (κ2) is 5.10. The van der Waals surface area contributed by atoms with E-state index in [9.17, 15) is 0 Å². The number of nitrogens with two attached hydrogens (primary N) is 1. The zero-order valence-corrected chi connectivity index (χ0v) is 8.95. The molecule has 0 amide bonds. The number of nitrogens with zero attached hydrogens (tertiary/aromatic N) is 1. The Labute approximate surface area is 86.6 Å². The third-order valence-corrected chi connectivity index (χ3v) is 3.51. The predicted molar refractivity (Wildman–Crippen MR) is 57.2 cm³/mol. The summed E-state index contributed by atoms with van der Waals surface area (Å²) < 4.78 is 5.34. The molecule has 0 aromatic heterocycles. The summed E-state index contributed by atoms with van der Waals surface area (Å²) in [6, 6.07) is 0.482. The Morgan fingerprint density at radius 3 is 2.36 bits per heavy atom. The average Bonchev–Trinajstić information content (AvgIpc) is 2.23. The fraction of sp³-hybridized carbons (Fsp3) is 1.00. The van der Waals surface area contributed by atoms with Crippen LogP contribution in [0.5, 0.6) is 0 Å². The molecule has 1 aliphatic carbocycles. The zero-order chi connectivity index (χ0) is 9.80. The third-order valence-electron chi connectivity index (χ3n) is 3.51. The first-order valence-electron chi connectivity index (χ1n) is 5.90. The normalized spacial score (nSPS) is 35.8. The van der Waals surface area contributed by atoms with E-state index >= 15 is 0 Å². The van der Waals surface area contributed by atoms with Crippen LogP contribution in [0.1, 0.15) is 25.7 Å². The molecule has 1 saturated heterocycles. The van der Waals surface area contributed by atoms with Gasteiger partial charge in [0.2, 0.25) is 0 Å². The summed E-state index contributed by atoms with van der Waals surface area (Å²) in [5.41, 5.74) is 5.90. The van der Waals surface area contributed by atoms with E-state index in [-0.39, 0.29) is 0 Å². The minimum Gasteiger partial charge on any atom is -0.379 e. The highest BCUT2D eigenvalue weighted by molar-refractivity contribution is 4.77. The summed E-state index contributed by atoms with van der Waals surface area (Å²) in [5, 5.41) is 0. The lowest BCUT2D eigenvalue weighted by Crippen LogP contribution is -2.40. The fourth-order valence-electron chi connectivity index (χ4n) is 2.52. The lowest BCUT2D eigenvalue weighted by molar-refractivity contribution is 0.0274. The van der Waals surface area contributed by atoms with Gasteiger partial charge in [0.25, 0.3) is 0 Å². The van der Waals surface area contributed by atoms with Crippen molar-refractivity contribution in [2.45, 2.75) is 31.7 Å². The number of ether oxygens (including phenoxy) is 1. The Morgan fingerprint density at radius 2 is 1.71 bits per heavy atom. The first-order valence-corrected chi connectivity index (χ1v) is 5.90. The van der Waals surface area contributed by atoms with Crippen molar-refractivity contribution in [3.63, 3.8) is 0 Å². The van der Waals surface area contributed by atoms with Gasteiger partial charge in [-0.15, -0.1) is 0 Å². The predicted octanol–water partition coefficient (Wildman–Crippen LogP) is 0.836. The van der Waals surface area contributed by atoms with Crippen molar-refractivity contribution in [3.8, 4) is 0 Å². The highest BCUT2D eigenvalue weighted by Gasteiger charge is 2.21. The molecule has 0 radical (unpaired) electrons. The van der Waals surface area contributed by atoms with Gasteiger partial charge in [0.05, 0.1) is 13.2 Å². The van der Waals surface area contributed by atoms with Crippen molar-refractivity contribution < 1.29 is 4.74 Å². The van der Waals surface area contributed by atoms with E-state index in [1.165, 1.54) is 32.2 Å². The van der Waals surface area contributed by atoms with Gasteiger partial charge in [-0.25, -0.2) is 0 Å². The summed E-state index contributed by atoms with van der Waals surface area (Å²) in [6.07, 6.45) is 5.13. The van der Waals surface area contributed by atoms with E-state index in [0.29, 0.717) is 6.04 Å². The van der Waals surface area contributed by atoms with Gasteiger partial charge in [0, 0.05) is 25.7 Å². The molecule has 1 aliphatic heterocycles. The Bertz CT molecular complexity index is 161. The lowest BCUT2D eigenvalue weighted by Gasteiger charge is -2.33. The van der Waals surface area contributed by atoms with Crippen LogP contribution in [0.4, 0.5) is 0 Å². The minimum atomic E-state index is 0.482. The topological polar surface area (TPSA) is 38.5 Å². The van der Waals surface area contributed by atoms with Gasteiger partial charge in [0.1, 0.15) is 0 Å². The van der Waals surface area contributed by atoms with Crippen LogP contribution in [0, 0.1) is 5.92 Å². The third kappa shape index (κ3) is 2.94. The van der Waals surface area contributed by atoms with E-state index in [0.717, 1.165) is 32.2 Å². The summed E-state index contributed by atoms with van der Waals surface area (Å²) in [4.78, 5) is 2.55. The van der Waals surface area contributed by atoms with Crippen molar-refractivity contribution in [2.75, 3.05) is 32.8 Å². The van der Waals surface area contributed by atoms with Crippen molar-refractivity contribution >= 4 is 0 Å². The Balaban J connectivity index is 1.68. The SMILES string of the molecule is NC1CCC(CN2CCOCC2)CC1. The molecule has 0 bridgehead atoms. The minimum absolute atomic E-state index is 0.482. The molecule has 0 atom stereocenters. The molecule has 0 aromatic carbocycles. The number of hydrogen-bond acceptors (Lipinski definition) is 3. The average molecular weight is 198 g/mol. The molecule has 82 valence electrons. The van der Waals surface area contributed by atoms with Crippen LogP contribution in [0.2, 0.25) is 0 Å².